The Bertz CT molecular complexity index is 262. The average molecular weight is 167 g/mol. The fourth-order valence-electron chi connectivity index (χ4n) is 0.810. The Hall–Kier alpha value is -1.42. The number of hydrogen-bond donors (Lipinski definition) is 3. The molecule has 1 aromatic carbocycles. The molecule has 0 fully saturated rings. The van der Waals surface area contributed by atoms with E-state index in [1.165, 1.54) is 0 Å². The Morgan fingerprint density at radius 2 is 2.17 bits per heavy atom. The van der Waals surface area contributed by atoms with Crippen molar-refractivity contribution in [3.63, 3.8) is 0 Å². The van der Waals surface area contributed by atoms with Crippen LogP contribution in [0.1, 0.15) is 6.92 Å². The van der Waals surface area contributed by atoms with Crippen molar-refractivity contribution in [3.8, 4) is 5.75 Å². The molecular weight excluding hydrogens is 154 g/mol. The zero-order valence-electron chi connectivity index (χ0n) is 7.00. The molecule has 0 spiro atoms. The summed E-state index contributed by atoms with van der Waals surface area (Å²) in [5.41, 5.74) is 15.0. The van der Waals surface area contributed by atoms with Crippen molar-refractivity contribution in [2.24, 2.45) is 0 Å². The maximum Gasteiger partial charge on any atom is 0.170 e. The van der Waals surface area contributed by atoms with Crippen molar-refractivity contribution < 1.29 is 4.84 Å². The van der Waals surface area contributed by atoms with Crippen molar-refractivity contribution in [2.75, 3.05) is 18.0 Å². The van der Waals surface area contributed by atoms with Crippen LogP contribution in [0.15, 0.2) is 18.2 Å². The second-order valence-electron chi connectivity index (χ2n) is 2.40. The highest BCUT2D eigenvalue weighted by Crippen LogP contribution is 2.22. The highest BCUT2D eigenvalue weighted by atomic mass is 16.6. The minimum Gasteiger partial charge on any atom is -0.407 e. The third-order valence-corrected chi connectivity index (χ3v) is 1.36. The van der Waals surface area contributed by atoms with Gasteiger partial charge in [0.05, 0.1) is 5.69 Å². The Morgan fingerprint density at radius 3 is 2.75 bits per heavy atom. The average Bonchev–Trinajstić information content (AvgIpc) is 2.03. The number of nitrogens with one attached hydrogen (secondary N) is 1. The molecule has 1 rings (SSSR count). The third kappa shape index (κ3) is 2.03. The van der Waals surface area contributed by atoms with Gasteiger partial charge < -0.3 is 16.3 Å². The molecule has 0 aliphatic rings. The molecule has 0 bridgehead atoms. The Labute approximate surface area is 71.5 Å². The van der Waals surface area contributed by atoms with Crippen molar-refractivity contribution in [2.45, 2.75) is 6.92 Å². The zero-order chi connectivity index (χ0) is 8.97. The van der Waals surface area contributed by atoms with Gasteiger partial charge in [0, 0.05) is 12.2 Å². The lowest BCUT2D eigenvalue weighted by atomic mass is 10.3. The van der Waals surface area contributed by atoms with E-state index in [-0.39, 0.29) is 0 Å². The second-order valence-corrected chi connectivity index (χ2v) is 2.40. The van der Waals surface area contributed by atoms with E-state index in [9.17, 15) is 0 Å². The van der Waals surface area contributed by atoms with Gasteiger partial charge in [-0.3, -0.25) is 0 Å². The predicted molar refractivity (Wildman–Crippen MR) is 49.6 cm³/mol. The van der Waals surface area contributed by atoms with Crippen molar-refractivity contribution in [1.29, 1.82) is 0 Å². The minimum absolute atomic E-state index is 0.538. The van der Waals surface area contributed by atoms with Gasteiger partial charge in [-0.1, -0.05) is 0 Å². The Balaban J connectivity index is 2.72. The monoisotopic (exact) mass is 167 g/mol. The molecule has 5 N–H and O–H groups in total. The summed E-state index contributed by atoms with van der Waals surface area (Å²) in [6.07, 6.45) is 0. The summed E-state index contributed by atoms with van der Waals surface area (Å²) in [5, 5.41) is 0. The van der Waals surface area contributed by atoms with Crippen LogP contribution in [0.25, 0.3) is 0 Å². The van der Waals surface area contributed by atoms with Gasteiger partial charge >= 0.3 is 0 Å². The first-order valence-corrected chi connectivity index (χ1v) is 3.78. The topological polar surface area (TPSA) is 73.3 Å². The van der Waals surface area contributed by atoms with Gasteiger partial charge in [0.2, 0.25) is 0 Å². The molecule has 0 aliphatic heterocycles. The first-order valence-electron chi connectivity index (χ1n) is 3.78. The van der Waals surface area contributed by atoms with Crippen LogP contribution in [-0.4, -0.2) is 6.54 Å². The molecule has 0 unspecified atom stereocenters. The lowest BCUT2D eigenvalue weighted by molar-refractivity contribution is 0.204. The first kappa shape index (κ1) is 8.67. The highest BCUT2D eigenvalue weighted by molar-refractivity contribution is 5.60. The summed E-state index contributed by atoms with van der Waals surface area (Å²) in [6.45, 7) is 2.66. The molecule has 0 atom stereocenters. The van der Waals surface area contributed by atoms with Gasteiger partial charge in [0.1, 0.15) is 0 Å². The van der Waals surface area contributed by atoms with Gasteiger partial charge in [-0.2, -0.15) is 5.48 Å². The number of benzene rings is 1. The molecule has 1 aromatic rings. The molecular formula is C8H13N3O. The van der Waals surface area contributed by atoms with Gasteiger partial charge in [0.25, 0.3) is 0 Å². The van der Waals surface area contributed by atoms with Crippen LogP contribution < -0.4 is 21.8 Å². The first-order chi connectivity index (χ1) is 5.74. The summed E-state index contributed by atoms with van der Waals surface area (Å²) in [4.78, 5) is 5.11. The normalized spacial score (nSPS) is 9.75. The van der Waals surface area contributed by atoms with E-state index in [2.05, 4.69) is 5.48 Å². The predicted octanol–water partition coefficient (Wildman–Crippen LogP) is 0.754. The summed E-state index contributed by atoms with van der Waals surface area (Å²) < 4.78 is 0. The van der Waals surface area contributed by atoms with E-state index >= 15 is 0 Å². The van der Waals surface area contributed by atoms with E-state index in [1.807, 2.05) is 6.92 Å². The largest absolute Gasteiger partial charge is 0.407 e. The molecule has 0 heterocycles. The van der Waals surface area contributed by atoms with E-state index in [0.717, 1.165) is 6.54 Å². The summed E-state index contributed by atoms with van der Waals surface area (Å²) in [6, 6.07) is 5.13. The lowest BCUT2D eigenvalue weighted by Gasteiger charge is -2.07. The fraction of sp³-hybridized carbons (Fsp3) is 0.250. The van der Waals surface area contributed by atoms with E-state index in [1.54, 1.807) is 18.2 Å². The second kappa shape index (κ2) is 3.82. The molecule has 4 nitrogen and oxygen atoms in total. The Kier molecular flexibility index (Phi) is 2.76. The van der Waals surface area contributed by atoms with Gasteiger partial charge in [-0.05, 0) is 25.1 Å². The third-order valence-electron chi connectivity index (χ3n) is 1.36. The lowest BCUT2D eigenvalue weighted by Crippen LogP contribution is -2.17. The number of anilines is 2. The van der Waals surface area contributed by atoms with Gasteiger partial charge in [-0.15, -0.1) is 0 Å². The van der Waals surface area contributed by atoms with Crippen LogP contribution in [-0.2, 0) is 0 Å². The number of hydroxylamine groups is 1. The highest BCUT2D eigenvalue weighted by Gasteiger charge is 1.98. The SMILES string of the molecule is CCNOc1ccc(N)cc1N. The van der Waals surface area contributed by atoms with E-state index in [4.69, 9.17) is 16.3 Å². The number of nitrogens with two attached hydrogens (primary N) is 2. The molecule has 12 heavy (non-hydrogen) atoms. The van der Waals surface area contributed by atoms with Crippen LogP contribution in [0.3, 0.4) is 0 Å². The maximum absolute atomic E-state index is 5.62. The molecule has 0 aliphatic carbocycles. The maximum atomic E-state index is 5.62. The summed E-state index contributed by atoms with van der Waals surface area (Å²) in [7, 11) is 0. The molecule has 0 radical (unpaired) electrons. The molecule has 66 valence electrons. The van der Waals surface area contributed by atoms with Gasteiger partial charge in [-0.25, -0.2) is 0 Å². The smallest absolute Gasteiger partial charge is 0.170 e. The molecule has 0 saturated carbocycles. The van der Waals surface area contributed by atoms with Crippen LogP contribution in [0.2, 0.25) is 0 Å². The zero-order valence-corrected chi connectivity index (χ0v) is 7.00. The van der Waals surface area contributed by atoms with Crippen molar-refractivity contribution >= 4 is 11.4 Å². The number of nitrogen functional groups attached to an aromatic ring is 2. The van der Waals surface area contributed by atoms with Crippen LogP contribution in [0, 0.1) is 0 Å². The Morgan fingerprint density at radius 1 is 1.42 bits per heavy atom. The molecule has 0 amide bonds. The van der Waals surface area contributed by atoms with Crippen LogP contribution in [0.4, 0.5) is 11.4 Å². The van der Waals surface area contributed by atoms with Crippen molar-refractivity contribution in [1.82, 2.24) is 5.48 Å². The van der Waals surface area contributed by atoms with E-state index < -0.39 is 0 Å². The molecule has 4 heteroatoms. The minimum atomic E-state index is 0.538. The summed E-state index contributed by atoms with van der Waals surface area (Å²) >= 11 is 0. The quantitative estimate of drug-likeness (QED) is 0.459. The molecule has 0 saturated heterocycles. The number of rotatable bonds is 3. The number of hydrogen-bond acceptors (Lipinski definition) is 4. The van der Waals surface area contributed by atoms with Crippen molar-refractivity contribution in [3.05, 3.63) is 18.2 Å². The van der Waals surface area contributed by atoms with Gasteiger partial charge in [0.15, 0.2) is 5.75 Å². The fourth-order valence-corrected chi connectivity index (χ4v) is 0.810. The van der Waals surface area contributed by atoms with Crippen LogP contribution >= 0.6 is 0 Å². The van der Waals surface area contributed by atoms with Crippen LogP contribution in [0.5, 0.6) is 5.75 Å². The summed E-state index contributed by atoms with van der Waals surface area (Å²) in [5.74, 6) is 0.603. The molecule has 0 aromatic heterocycles. The standard InChI is InChI=1S/C8H13N3O/c1-2-11-12-8-4-3-6(9)5-7(8)10/h3-5,11H,2,9-10H2,1H3. The van der Waals surface area contributed by atoms with E-state index in [0.29, 0.717) is 17.1 Å².